The summed E-state index contributed by atoms with van der Waals surface area (Å²) in [4.78, 5) is 13.0. The van der Waals surface area contributed by atoms with E-state index in [1.54, 1.807) is 25.7 Å². The molecule has 1 radical (unpaired) electrons. The van der Waals surface area contributed by atoms with E-state index in [9.17, 15) is 0 Å². The van der Waals surface area contributed by atoms with Crippen molar-refractivity contribution in [1.82, 2.24) is 15.0 Å². The third-order valence-corrected chi connectivity index (χ3v) is 6.06. The lowest BCUT2D eigenvalue weighted by molar-refractivity contribution is 0.419. The maximum atomic E-state index is 5.84. The first-order valence-electron chi connectivity index (χ1n) is 11.0. The van der Waals surface area contributed by atoms with Crippen molar-refractivity contribution in [2.75, 3.05) is 7.11 Å². The summed E-state index contributed by atoms with van der Waals surface area (Å²) in [5.41, 5.74) is 2.62. The number of methoxy groups -OCH3 is 1. The monoisotopic (exact) mass is 474 g/mol. The van der Waals surface area contributed by atoms with Crippen LogP contribution in [0.1, 0.15) is 0 Å². The van der Waals surface area contributed by atoms with E-state index in [-0.39, 0.29) is 0 Å². The maximum absolute atomic E-state index is 5.84. The quantitative estimate of drug-likeness (QED) is 0.285. The zero-order valence-electron chi connectivity index (χ0n) is 19.0. The van der Waals surface area contributed by atoms with Crippen molar-refractivity contribution in [3.8, 4) is 17.2 Å². The van der Waals surface area contributed by atoms with E-state index in [0.29, 0.717) is 0 Å². The average molecular weight is 474 g/mol. The van der Waals surface area contributed by atoms with Crippen molar-refractivity contribution in [3.63, 3.8) is 0 Å². The van der Waals surface area contributed by atoms with Gasteiger partial charge in [-0.15, -0.1) is 0 Å². The Kier molecular flexibility index (Phi) is 7.00. The Labute approximate surface area is 209 Å². The van der Waals surface area contributed by atoms with Crippen LogP contribution in [0.15, 0.2) is 110 Å². The number of hydrogen-bond acceptors (Lipinski definition) is 6. The number of aromatic nitrogens is 3. The summed E-state index contributed by atoms with van der Waals surface area (Å²) in [6.45, 7) is 0. The molecule has 0 N–H and O–H groups in total. The molecule has 169 valence electrons. The molecule has 6 nitrogen and oxygen atoms in total. The van der Waals surface area contributed by atoms with Crippen LogP contribution >= 0.6 is 0 Å². The van der Waals surface area contributed by atoms with Crippen LogP contribution in [0, 0.1) is 0 Å². The molecule has 0 aliphatic rings. The summed E-state index contributed by atoms with van der Waals surface area (Å²) in [5, 5.41) is 3.21. The minimum absolute atomic E-state index is 0.704. The molecule has 0 aliphatic heterocycles. The van der Waals surface area contributed by atoms with E-state index in [1.807, 2.05) is 91.0 Å². The van der Waals surface area contributed by atoms with E-state index in [1.165, 1.54) is 0 Å². The van der Waals surface area contributed by atoms with Gasteiger partial charge in [0.15, 0.2) is 0 Å². The summed E-state index contributed by atoms with van der Waals surface area (Å²) >= 11 is -0.704. The first-order chi connectivity index (χ1) is 17.3. The molecule has 3 aromatic carbocycles. The van der Waals surface area contributed by atoms with Crippen molar-refractivity contribution in [1.29, 1.82) is 0 Å². The summed E-state index contributed by atoms with van der Waals surface area (Å²) in [5.74, 6) is 2.31. The molecule has 7 heteroatoms. The van der Waals surface area contributed by atoms with Gasteiger partial charge >= 0.3 is 15.9 Å². The van der Waals surface area contributed by atoms with Gasteiger partial charge in [0.05, 0.1) is 7.11 Å². The number of rotatable bonds is 5. The Bertz CT molecular complexity index is 1500. The molecule has 3 heterocycles. The first-order valence-corrected chi connectivity index (χ1v) is 12.0. The molecular formula is C28H21AlN3O3. The zero-order valence-corrected chi connectivity index (χ0v) is 20.2. The van der Waals surface area contributed by atoms with Crippen LogP contribution < -0.4 is 12.3 Å². The molecule has 3 aromatic heterocycles. The van der Waals surface area contributed by atoms with Gasteiger partial charge in [-0.3, -0.25) is 15.0 Å². The fourth-order valence-electron chi connectivity index (χ4n) is 3.71. The van der Waals surface area contributed by atoms with Gasteiger partial charge in [-0.25, -0.2) is 0 Å². The average Bonchev–Trinajstić information content (AvgIpc) is 2.93. The summed E-state index contributed by atoms with van der Waals surface area (Å²) in [6.07, 6.45) is 5.30. The number of fused-ring (bicyclic) bond motifs is 3. The summed E-state index contributed by atoms with van der Waals surface area (Å²) in [6, 6.07) is 29.4. The van der Waals surface area contributed by atoms with Crippen molar-refractivity contribution in [2.24, 2.45) is 0 Å². The SMILES string of the molecule is COc1cccc2cccnc12.c1cnc2c([O][Al][O]c3cccc4cccnc34)cccc2c1. The summed E-state index contributed by atoms with van der Waals surface area (Å²) in [7, 11) is 1.66. The number of hydrogen-bond donors (Lipinski definition) is 0. The van der Waals surface area contributed by atoms with Crippen LogP contribution in [0.3, 0.4) is 0 Å². The fourth-order valence-corrected chi connectivity index (χ4v) is 4.35. The van der Waals surface area contributed by atoms with Gasteiger partial charge in [-0.05, 0) is 36.4 Å². The normalized spacial score (nSPS) is 10.4. The van der Waals surface area contributed by atoms with Crippen LogP contribution in [-0.2, 0) is 0 Å². The number of nitrogens with zero attached hydrogens (tertiary/aromatic N) is 3. The van der Waals surface area contributed by atoms with Gasteiger partial charge in [0.2, 0.25) is 0 Å². The highest BCUT2D eigenvalue weighted by Crippen LogP contribution is 2.25. The third kappa shape index (κ3) is 5.17. The van der Waals surface area contributed by atoms with Gasteiger partial charge in [-0.1, -0.05) is 54.6 Å². The van der Waals surface area contributed by atoms with Crippen molar-refractivity contribution in [2.45, 2.75) is 0 Å². The lowest BCUT2D eigenvalue weighted by atomic mass is 10.2. The van der Waals surface area contributed by atoms with Crippen molar-refractivity contribution in [3.05, 3.63) is 110 Å². The predicted octanol–water partition coefficient (Wildman–Crippen LogP) is 6.02. The van der Waals surface area contributed by atoms with Crippen molar-refractivity contribution >= 4 is 48.6 Å². The molecular weight excluding hydrogens is 453 g/mol. The Morgan fingerprint density at radius 3 is 1.29 bits per heavy atom. The van der Waals surface area contributed by atoms with Crippen LogP contribution in [0.25, 0.3) is 32.7 Å². The lowest BCUT2D eigenvalue weighted by Crippen LogP contribution is -2.11. The molecule has 0 fully saturated rings. The Morgan fingerprint density at radius 2 is 0.857 bits per heavy atom. The molecule has 0 spiro atoms. The second-order valence-electron chi connectivity index (χ2n) is 7.53. The Balaban J connectivity index is 0.000000178. The minimum atomic E-state index is -0.704. The van der Waals surface area contributed by atoms with Gasteiger partial charge in [0.25, 0.3) is 0 Å². The van der Waals surface area contributed by atoms with Gasteiger partial charge in [0, 0.05) is 34.7 Å². The standard InChI is InChI=1S/C10H9NO.2C9H7NO.Al/c1-12-9-6-2-4-8-5-3-7-11-10(8)9;2*11-8-5-1-3-7-4-2-6-10-9(7)8;/h2-7H,1H3;2*1-6,11H;/q;;;+2/p-2. The predicted molar refractivity (Wildman–Crippen MR) is 139 cm³/mol. The molecule has 0 saturated carbocycles. The molecule has 0 bridgehead atoms. The van der Waals surface area contributed by atoms with Gasteiger partial charge < -0.3 is 12.3 Å². The van der Waals surface area contributed by atoms with Crippen LogP contribution in [0.5, 0.6) is 17.2 Å². The molecule has 0 aliphatic carbocycles. The van der Waals surface area contributed by atoms with Gasteiger partial charge in [0.1, 0.15) is 33.8 Å². The van der Waals surface area contributed by atoms with Crippen LogP contribution in [-0.4, -0.2) is 37.9 Å². The summed E-state index contributed by atoms with van der Waals surface area (Å²) < 4.78 is 16.9. The first kappa shape index (κ1) is 22.6. The smallest absolute Gasteiger partial charge is 0.614 e. The zero-order chi connectivity index (χ0) is 23.9. The number of pyridine rings is 3. The maximum Gasteiger partial charge on any atom is 0.882 e. The van der Waals surface area contributed by atoms with E-state index in [4.69, 9.17) is 12.3 Å². The van der Waals surface area contributed by atoms with Gasteiger partial charge in [-0.2, -0.15) is 0 Å². The second-order valence-corrected chi connectivity index (χ2v) is 8.19. The Morgan fingerprint density at radius 1 is 0.486 bits per heavy atom. The molecule has 6 aromatic rings. The van der Waals surface area contributed by atoms with E-state index < -0.39 is 15.9 Å². The lowest BCUT2D eigenvalue weighted by Gasteiger charge is -2.11. The molecule has 0 unspecified atom stereocenters. The van der Waals surface area contributed by atoms with Crippen LogP contribution in [0.4, 0.5) is 0 Å². The minimum Gasteiger partial charge on any atom is -0.614 e. The molecule has 0 atom stereocenters. The van der Waals surface area contributed by atoms with Crippen LogP contribution in [0.2, 0.25) is 0 Å². The molecule has 35 heavy (non-hydrogen) atoms. The second kappa shape index (κ2) is 10.8. The number of benzene rings is 3. The van der Waals surface area contributed by atoms with E-state index in [2.05, 4.69) is 15.0 Å². The fraction of sp³-hybridized carbons (Fsp3) is 0.0357. The van der Waals surface area contributed by atoms with E-state index in [0.717, 1.165) is 50.0 Å². The Hall–Kier alpha value is -4.18. The van der Waals surface area contributed by atoms with Crippen molar-refractivity contribution < 1.29 is 12.3 Å². The molecule has 0 saturated heterocycles. The number of para-hydroxylation sites is 3. The highest BCUT2D eigenvalue weighted by atomic mass is 27.2. The highest BCUT2D eigenvalue weighted by molar-refractivity contribution is 6.21. The third-order valence-electron chi connectivity index (χ3n) is 5.36. The molecule has 0 amide bonds. The largest absolute Gasteiger partial charge is 0.882 e. The number of ether oxygens (including phenoxy) is 1. The highest BCUT2D eigenvalue weighted by Gasteiger charge is 2.11. The topological polar surface area (TPSA) is 66.4 Å². The van der Waals surface area contributed by atoms with E-state index >= 15 is 0 Å². The molecule has 6 rings (SSSR count).